The van der Waals surface area contributed by atoms with Gasteiger partial charge < -0.3 is 0 Å². The van der Waals surface area contributed by atoms with Crippen LogP contribution in [0.2, 0.25) is 0 Å². The molecule has 0 heteroatoms. The molecule has 3 fully saturated rings. The average Bonchev–Trinajstić information content (AvgIpc) is 2.74. The van der Waals surface area contributed by atoms with Crippen LogP contribution >= 0.6 is 0 Å². The normalized spacial score (nSPS) is 42.1. The second-order valence-electron chi connectivity index (χ2n) is 12.2. The first-order valence-electron chi connectivity index (χ1n) is 14.6. The molecule has 3 aliphatic rings. The van der Waals surface area contributed by atoms with E-state index in [1.54, 1.807) is 51.4 Å². The molecular formula is C30H56. The molecule has 0 N–H and O–H groups in total. The van der Waals surface area contributed by atoms with Gasteiger partial charge in [-0.2, -0.15) is 0 Å². The summed E-state index contributed by atoms with van der Waals surface area (Å²) in [6, 6.07) is 0. The van der Waals surface area contributed by atoms with Gasteiger partial charge in [-0.15, -0.1) is 0 Å². The maximum atomic E-state index is 2.51. The average molecular weight is 417 g/mol. The van der Waals surface area contributed by atoms with Crippen LogP contribution in [-0.2, 0) is 0 Å². The van der Waals surface area contributed by atoms with Crippen molar-refractivity contribution in [1.29, 1.82) is 0 Å². The largest absolute Gasteiger partial charge is 0.0654 e. The minimum atomic E-state index is 1.04. The Morgan fingerprint density at radius 3 is 1.53 bits per heavy atom. The van der Waals surface area contributed by atoms with Crippen molar-refractivity contribution >= 4 is 0 Å². The van der Waals surface area contributed by atoms with Crippen LogP contribution in [0.3, 0.4) is 0 Å². The van der Waals surface area contributed by atoms with E-state index in [1.807, 2.05) is 0 Å². The van der Waals surface area contributed by atoms with Gasteiger partial charge in [0.15, 0.2) is 0 Å². The van der Waals surface area contributed by atoms with Crippen molar-refractivity contribution in [3.8, 4) is 0 Å². The fraction of sp³-hybridized carbons (Fsp3) is 1.00. The van der Waals surface area contributed by atoms with E-state index in [0.29, 0.717) is 0 Å². The Bertz CT molecular complexity index is 453. The maximum Gasteiger partial charge on any atom is -0.0326 e. The van der Waals surface area contributed by atoms with Crippen molar-refractivity contribution in [2.45, 2.75) is 137 Å². The van der Waals surface area contributed by atoms with E-state index in [1.165, 1.54) is 51.4 Å². The first-order valence-corrected chi connectivity index (χ1v) is 14.6. The summed E-state index contributed by atoms with van der Waals surface area (Å²) < 4.78 is 0. The van der Waals surface area contributed by atoms with E-state index in [2.05, 4.69) is 34.6 Å². The van der Waals surface area contributed by atoms with Crippen LogP contribution in [0.15, 0.2) is 0 Å². The molecule has 0 amide bonds. The molecule has 0 saturated heterocycles. The summed E-state index contributed by atoms with van der Waals surface area (Å²) >= 11 is 0. The molecular weight excluding hydrogens is 360 g/mol. The SMILES string of the molecule is CCCC1CC(CCC)CC(CC2CCC(CC)C3C(CC)CC(CCC)CC23)C1. The molecule has 0 aromatic heterocycles. The fourth-order valence-electron chi connectivity index (χ4n) is 9.11. The molecule has 0 spiro atoms. The summed E-state index contributed by atoms with van der Waals surface area (Å²) in [7, 11) is 0. The van der Waals surface area contributed by atoms with Gasteiger partial charge in [-0.3, -0.25) is 0 Å². The van der Waals surface area contributed by atoms with E-state index in [4.69, 9.17) is 0 Å². The monoisotopic (exact) mass is 416 g/mol. The first kappa shape index (κ1) is 24.6. The van der Waals surface area contributed by atoms with Gasteiger partial charge >= 0.3 is 0 Å². The molecule has 0 bridgehead atoms. The minimum absolute atomic E-state index is 1.04. The van der Waals surface area contributed by atoms with Gasteiger partial charge in [-0.1, -0.05) is 86.0 Å². The number of hydrogen-bond donors (Lipinski definition) is 0. The van der Waals surface area contributed by atoms with Crippen LogP contribution in [0.4, 0.5) is 0 Å². The third-order valence-corrected chi connectivity index (χ3v) is 10.1. The van der Waals surface area contributed by atoms with Gasteiger partial charge in [-0.25, -0.2) is 0 Å². The van der Waals surface area contributed by atoms with Crippen molar-refractivity contribution in [3.63, 3.8) is 0 Å². The van der Waals surface area contributed by atoms with Gasteiger partial charge in [0.2, 0.25) is 0 Å². The fourth-order valence-corrected chi connectivity index (χ4v) is 9.11. The highest BCUT2D eigenvalue weighted by atomic mass is 14.5. The van der Waals surface area contributed by atoms with Gasteiger partial charge in [0, 0.05) is 0 Å². The van der Waals surface area contributed by atoms with Crippen molar-refractivity contribution in [2.75, 3.05) is 0 Å². The molecule has 0 radical (unpaired) electrons. The zero-order valence-electron chi connectivity index (χ0n) is 21.5. The van der Waals surface area contributed by atoms with Crippen LogP contribution < -0.4 is 0 Å². The van der Waals surface area contributed by atoms with Crippen LogP contribution in [0.25, 0.3) is 0 Å². The third kappa shape index (κ3) is 6.07. The summed E-state index contributed by atoms with van der Waals surface area (Å²) in [6.45, 7) is 12.3. The van der Waals surface area contributed by atoms with Gasteiger partial charge in [-0.05, 0) is 105 Å². The molecule has 3 saturated carbocycles. The standard InChI is InChI=1S/C30H56/c1-6-11-22-16-23(12-7-2)18-25(17-22)20-28-15-14-26(9-4)30-27(10-5)19-24(13-8-3)21-29(28)30/h22-30H,6-21H2,1-5H3. The molecule has 0 heterocycles. The number of fused-ring (bicyclic) bond motifs is 1. The molecule has 0 aliphatic heterocycles. The zero-order valence-corrected chi connectivity index (χ0v) is 21.5. The van der Waals surface area contributed by atoms with Crippen LogP contribution in [0, 0.1) is 53.3 Å². The smallest absolute Gasteiger partial charge is 0.0326 e. The summed E-state index contributed by atoms with van der Waals surface area (Å²) in [5.74, 6) is 9.52. The first-order chi connectivity index (χ1) is 14.6. The van der Waals surface area contributed by atoms with E-state index in [9.17, 15) is 0 Å². The Balaban J connectivity index is 1.71. The molecule has 0 aromatic carbocycles. The van der Waals surface area contributed by atoms with Crippen molar-refractivity contribution in [2.24, 2.45) is 53.3 Å². The summed E-state index contributed by atoms with van der Waals surface area (Å²) in [4.78, 5) is 0. The summed E-state index contributed by atoms with van der Waals surface area (Å²) in [5.41, 5.74) is 0. The zero-order chi connectivity index (χ0) is 21.5. The molecule has 8 atom stereocenters. The topological polar surface area (TPSA) is 0 Å². The van der Waals surface area contributed by atoms with Crippen LogP contribution in [0.5, 0.6) is 0 Å². The van der Waals surface area contributed by atoms with Crippen molar-refractivity contribution in [3.05, 3.63) is 0 Å². The lowest BCUT2D eigenvalue weighted by molar-refractivity contribution is -0.0322. The van der Waals surface area contributed by atoms with E-state index >= 15 is 0 Å². The van der Waals surface area contributed by atoms with Crippen molar-refractivity contribution in [1.82, 2.24) is 0 Å². The molecule has 176 valence electrons. The predicted molar refractivity (Wildman–Crippen MR) is 134 cm³/mol. The highest BCUT2D eigenvalue weighted by Crippen LogP contribution is 2.55. The predicted octanol–water partition coefficient (Wildman–Crippen LogP) is 9.91. The van der Waals surface area contributed by atoms with Gasteiger partial charge in [0.05, 0.1) is 0 Å². The molecule has 3 rings (SSSR count). The Morgan fingerprint density at radius 2 is 1.00 bits per heavy atom. The Kier molecular flexibility index (Phi) is 10.1. The quantitative estimate of drug-likeness (QED) is 0.332. The second kappa shape index (κ2) is 12.3. The van der Waals surface area contributed by atoms with E-state index in [-0.39, 0.29) is 0 Å². The van der Waals surface area contributed by atoms with Gasteiger partial charge in [0.25, 0.3) is 0 Å². The summed E-state index contributed by atoms with van der Waals surface area (Å²) in [5, 5.41) is 0. The van der Waals surface area contributed by atoms with Crippen LogP contribution in [-0.4, -0.2) is 0 Å². The molecule has 3 aliphatic carbocycles. The third-order valence-electron chi connectivity index (χ3n) is 10.1. The molecule has 8 unspecified atom stereocenters. The molecule has 0 aromatic rings. The van der Waals surface area contributed by atoms with E-state index in [0.717, 1.165) is 53.3 Å². The maximum absolute atomic E-state index is 2.51. The number of rotatable bonds is 10. The Hall–Kier alpha value is 0. The lowest BCUT2D eigenvalue weighted by Crippen LogP contribution is -2.44. The molecule has 0 nitrogen and oxygen atoms in total. The van der Waals surface area contributed by atoms with E-state index < -0.39 is 0 Å². The highest BCUT2D eigenvalue weighted by Gasteiger charge is 2.46. The van der Waals surface area contributed by atoms with Gasteiger partial charge in [0.1, 0.15) is 0 Å². The lowest BCUT2D eigenvalue weighted by Gasteiger charge is -2.53. The Morgan fingerprint density at radius 1 is 0.500 bits per heavy atom. The molecule has 30 heavy (non-hydrogen) atoms. The highest BCUT2D eigenvalue weighted by molar-refractivity contribution is 4.96. The second-order valence-corrected chi connectivity index (χ2v) is 12.2. The van der Waals surface area contributed by atoms with Crippen molar-refractivity contribution < 1.29 is 0 Å². The minimum Gasteiger partial charge on any atom is -0.0654 e. The summed E-state index contributed by atoms with van der Waals surface area (Å²) in [6.07, 6.45) is 24.2. The van der Waals surface area contributed by atoms with Crippen LogP contribution in [0.1, 0.15) is 137 Å². The lowest BCUT2D eigenvalue weighted by atomic mass is 9.52. The number of hydrogen-bond acceptors (Lipinski definition) is 0. The Labute approximate surface area is 190 Å².